The molecule has 0 aliphatic carbocycles. The first-order valence-corrected chi connectivity index (χ1v) is 9.32. The van der Waals surface area contributed by atoms with E-state index in [-0.39, 0.29) is 23.1 Å². The highest BCUT2D eigenvalue weighted by Crippen LogP contribution is 2.41. The van der Waals surface area contributed by atoms with E-state index in [2.05, 4.69) is 0 Å². The topological polar surface area (TPSA) is 63.0 Å². The number of carbonyl (C=O) groups excluding carboxylic acids is 2. The van der Waals surface area contributed by atoms with Crippen LogP contribution in [0, 0.1) is 11.3 Å². The maximum Gasteiger partial charge on any atom is 0.228 e. The zero-order valence-electron chi connectivity index (χ0n) is 14.6. The van der Waals surface area contributed by atoms with Gasteiger partial charge in [0.05, 0.1) is 25.3 Å². The molecule has 3 saturated heterocycles. The van der Waals surface area contributed by atoms with Gasteiger partial charge in [-0.15, -0.1) is 0 Å². The number of rotatable bonds is 3. The largest absolute Gasteiger partial charge is 0.467 e. The summed E-state index contributed by atoms with van der Waals surface area (Å²) in [4.78, 5) is 28.8. The number of hydrogen-bond acceptors (Lipinski definition) is 4. The van der Waals surface area contributed by atoms with Crippen LogP contribution in [0.25, 0.3) is 0 Å². The van der Waals surface area contributed by atoms with Gasteiger partial charge < -0.3 is 19.0 Å². The smallest absolute Gasteiger partial charge is 0.228 e. The summed E-state index contributed by atoms with van der Waals surface area (Å²) < 4.78 is 10.8. The Morgan fingerprint density at radius 1 is 1.28 bits per heavy atom. The second-order valence-corrected chi connectivity index (χ2v) is 7.71. The van der Waals surface area contributed by atoms with Gasteiger partial charge in [-0.2, -0.15) is 0 Å². The van der Waals surface area contributed by atoms with E-state index in [4.69, 9.17) is 9.15 Å². The molecule has 0 N–H and O–H groups in total. The molecule has 1 aromatic heterocycles. The van der Waals surface area contributed by atoms with Crippen LogP contribution in [0.1, 0.15) is 37.9 Å². The maximum absolute atomic E-state index is 12.6. The van der Waals surface area contributed by atoms with Crippen LogP contribution in [0.5, 0.6) is 0 Å². The lowest BCUT2D eigenvalue weighted by molar-refractivity contribution is -0.145. The first-order chi connectivity index (χ1) is 12.2. The molecule has 0 saturated carbocycles. The predicted octanol–water partition coefficient (Wildman–Crippen LogP) is 2.05. The van der Waals surface area contributed by atoms with Gasteiger partial charge in [-0.3, -0.25) is 9.59 Å². The summed E-state index contributed by atoms with van der Waals surface area (Å²) in [5, 5.41) is 0. The van der Waals surface area contributed by atoms with Gasteiger partial charge in [-0.25, -0.2) is 0 Å². The minimum absolute atomic E-state index is 0.0532. The summed E-state index contributed by atoms with van der Waals surface area (Å²) in [5.41, 5.74) is 0.156. The number of hydrogen-bond donors (Lipinski definition) is 0. The molecule has 3 fully saturated rings. The van der Waals surface area contributed by atoms with Crippen LogP contribution in [0.4, 0.5) is 0 Å². The third-order valence-corrected chi connectivity index (χ3v) is 6.09. The lowest BCUT2D eigenvalue weighted by Crippen LogP contribution is -2.52. The molecule has 1 aromatic rings. The first kappa shape index (κ1) is 16.6. The molecule has 3 aliphatic heterocycles. The summed E-state index contributed by atoms with van der Waals surface area (Å²) in [5.74, 6) is 1.35. The second kappa shape index (κ2) is 6.83. The van der Waals surface area contributed by atoms with Crippen molar-refractivity contribution in [3.63, 3.8) is 0 Å². The number of piperidine rings is 2. The third-order valence-electron chi connectivity index (χ3n) is 6.09. The molecule has 0 bridgehead atoms. The van der Waals surface area contributed by atoms with E-state index < -0.39 is 0 Å². The van der Waals surface area contributed by atoms with Crippen LogP contribution in [0.3, 0.4) is 0 Å². The standard InChI is InChI=1S/C19H26N2O4/c22-17-3-5-19(14-21(17)12-16-2-1-10-25-16)6-8-20(9-7-19)18(23)15-4-11-24-13-15/h1-2,10,15H,3-9,11-14H2/t15-/m0/s1. The summed E-state index contributed by atoms with van der Waals surface area (Å²) in [6.45, 7) is 4.22. The normalized spacial score (nSPS) is 26.4. The van der Waals surface area contributed by atoms with E-state index in [1.165, 1.54) is 0 Å². The van der Waals surface area contributed by atoms with Gasteiger partial charge in [-0.05, 0) is 43.2 Å². The number of likely N-dealkylation sites (tertiary alicyclic amines) is 2. The van der Waals surface area contributed by atoms with Gasteiger partial charge >= 0.3 is 0 Å². The average molecular weight is 346 g/mol. The zero-order chi connectivity index (χ0) is 17.3. The number of carbonyl (C=O) groups is 2. The average Bonchev–Trinajstić information content (AvgIpc) is 3.32. The molecule has 3 aliphatic rings. The predicted molar refractivity (Wildman–Crippen MR) is 90.5 cm³/mol. The third kappa shape index (κ3) is 3.45. The van der Waals surface area contributed by atoms with E-state index in [0.29, 0.717) is 26.2 Å². The van der Waals surface area contributed by atoms with Crippen molar-refractivity contribution in [1.82, 2.24) is 9.80 Å². The fraction of sp³-hybridized carbons (Fsp3) is 0.684. The van der Waals surface area contributed by atoms with Crippen LogP contribution >= 0.6 is 0 Å². The molecule has 4 heterocycles. The van der Waals surface area contributed by atoms with E-state index in [1.54, 1.807) is 6.26 Å². The highest BCUT2D eigenvalue weighted by Gasteiger charge is 2.42. The molecule has 1 atom stereocenters. The summed E-state index contributed by atoms with van der Waals surface area (Å²) >= 11 is 0. The van der Waals surface area contributed by atoms with Gasteiger partial charge in [-0.1, -0.05) is 0 Å². The Balaban J connectivity index is 1.36. The van der Waals surface area contributed by atoms with Gasteiger partial charge in [0.2, 0.25) is 11.8 Å². The second-order valence-electron chi connectivity index (χ2n) is 7.71. The molecule has 0 unspecified atom stereocenters. The van der Waals surface area contributed by atoms with E-state index in [1.807, 2.05) is 21.9 Å². The summed E-state index contributed by atoms with van der Waals surface area (Å²) in [6.07, 6.45) is 6.00. The monoisotopic (exact) mass is 346 g/mol. The number of furan rings is 1. The van der Waals surface area contributed by atoms with E-state index in [0.717, 1.165) is 51.1 Å². The Morgan fingerprint density at radius 2 is 2.12 bits per heavy atom. The molecular weight excluding hydrogens is 320 g/mol. The summed E-state index contributed by atoms with van der Waals surface area (Å²) in [7, 11) is 0. The SMILES string of the molecule is O=C1CCC2(CCN(C(=O)[C@H]3CCOC3)CC2)CN1Cc1ccco1. The molecule has 6 heteroatoms. The number of amides is 2. The molecule has 4 rings (SSSR count). The van der Waals surface area contributed by atoms with Crippen LogP contribution in [0.2, 0.25) is 0 Å². The molecule has 25 heavy (non-hydrogen) atoms. The van der Waals surface area contributed by atoms with Gasteiger partial charge in [0.1, 0.15) is 5.76 Å². The van der Waals surface area contributed by atoms with Crippen molar-refractivity contribution in [2.24, 2.45) is 11.3 Å². The van der Waals surface area contributed by atoms with Gasteiger partial charge in [0, 0.05) is 32.7 Å². The molecule has 2 amide bonds. The molecule has 0 aromatic carbocycles. The van der Waals surface area contributed by atoms with Crippen LogP contribution in [-0.4, -0.2) is 54.5 Å². The molecule has 136 valence electrons. The number of ether oxygens (including phenoxy) is 1. The van der Waals surface area contributed by atoms with Crippen molar-refractivity contribution in [3.8, 4) is 0 Å². The van der Waals surface area contributed by atoms with Crippen molar-refractivity contribution in [2.75, 3.05) is 32.8 Å². The van der Waals surface area contributed by atoms with Crippen LogP contribution in [0.15, 0.2) is 22.8 Å². The maximum atomic E-state index is 12.6. The highest BCUT2D eigenvalue weighted by molar-refractivity contribution is 5.79. The lowest BCUT2D eigenvalue weighted by Gasteiger charge is -2.47. The van der Waals surface area contributed by atoms with Crippen molar-refractivity contribution in [1.29, 1.82) is 0 Å². The van der Waals surface area contributed by atoms with Gasteiger partial charge in [0.15, 0.2) is 0 Å². The Morgan fingerprint density at radius 3 is 2.80 bits per heavy atom. The van der Waals surface area contributed by atoms with Crippen LogP contribution in [-0.2, 0) is 20.9 Å². The fourth-order valence-corrected chi connectivity index (χ4v) is 4.43. The zero-order valence-corrected chi connectivity index (χ0v) is 14.6. The quantitative estimate of drug-likeness (QED) is 0.840. The van der Waals surface area contributed by atoms with E-state index >= 15 is 0 Å². The fourth-order valence-electron chi connectivity index (χ4n) is 4.43. The highest BCUT2D eigenvalue weighted by atomic mass is 16.5. The molecule has 1 spiro atoms. The molecule has 6 nitrogen and oxygen atoms in total. The number of nitrogens with zero attached hydrogens (tertiary/aromatic N) is 2. The summed E-state index contributed by atoms with van der Waals surface area (Å²) in [6, 6.07) is 3.77. The Kier molecular flexibility index (Phi) is 4.54. The lowest BCUT2D eigenvalue weighted by atomic mass is 9.72. The van der Waals surface area contributed by atoms with Crippen molar-refractivity contribution in [2.45, 2.75) is 38.6 Å². The molecule has 0 radical (unpaired) electrons. The van der Waals surface area contributed by atoms with Crippen molar-refractivity contribution >= 4 is 11.8 Å². The van der Waals surface area contributed by atoms with Gasteiger partial charge in [0.25, 0.3) is 0 Å². The van der Waals surface area contributed by atoms with Crippen molar-refractivity contribution < 1.29 is 18.7 Å². The minimum atomic E-state index is 0.0532. The Hall–Kier alpha value is -1.82. The minimum Gasteiger partial charge on any atom is -0.467 e. The Bertz CT molecular complexity index is 613. The van der Waals surface area contributed by atoms with Crippen molar-refractivity contribution in [3.05, 3.63) is 24.2 Å². The van der Waals surface area contributed by atoms with E-state index in [9.17, 15) is 9.59 Å². The Labute approximate surface area is 148 Å². The first-order valence-electron chi connectivity index (χ1n) is 9.32. The molecular formula is C19H26N2O4. The van der Waals surface area contributed by atoms with Crippen LogP contribution < -0.4 is 0 Å².